The lowest BCUT2D eigenvalue weighted by molar-refractivity contribution is 0.418. The van der Waals surface area contributed by atoms with Crippen LogP contribution in [0, 0.1) is 0 Å². The number of ether oxygens (including phenoxy) is 1. The number of fused-ring (bicyclic) bond motifs is 1. The number of anilines is 1. The lowest BCUT2D eigenvalue weighted by atomic mass is 10.2. The van der Waals surface area contributed by atoms with Crippen molar-refractivity contribution in [1.82, 2.24) is 9.97 Å². The van der Waals surface area contributed by atoms with Crippen LogP contribution in [0.5, 0.6) is 5.75 Å². The maximum Gasteiger partial charge on any atom is 0.223 e. The molecular formula is C20H32BrN3O. The van der Waals surface area contributed by atoms with Crippen LogP contribution in [-0.4, -0.2) is 23.1 Å². The zero-order valence-electron chi connectivity index (χ0n) is 16.2. The van der Waals surface area contributed by atoms with E-state index in [4.69, 9.17) is 4.74 Å². The van der Waals surface area contributed by atoms with Gasteiger partial charge in [-0.25, -0.2) is 9.97 Å². The molecule has 1 aromatic carbocycles. The van der Waals surface area contributed by atoms with E-state index in [0.29, 0.717) is 12.0 Å². The molecule has 0 saturated heterocycles. The number of hydrogen-bond acceptors (Lipinski definition) is 4. The van der Waals surface area contributed by atoms with Crippen molar-refractivity contribution < 1.29 is 4.74 Å². The van der Waals surface area contributed by atoms with Gasteiger partial charge in [-0.2, -0.15) is 0 Å². The number of methoxy groups -OCH3 is 1. The molecule has 0 unspecified atom stereocenters. The molecule has 2 aromatic rings. The molecule has 1 saturated carbocycles. The van der Waals surface area contributed by atoms with Crippen LogP contribution in [0.15, 0.2) is 22.8 Å². The smallest absolute Gasteiger partial charge is 0.223 e. The molecule has 0 amide bonds. The van der Waals surface area contributed by atoms with E-state index < -0.39 is 0 Å². The maximum atomic E-state index is 5.39. The molecule has 0 bridgehead atoms. The summed E-state index contributed by atoms with van der Waals surface area (Å²) >= 11 is 3.46. The van der Waals surface area contributed by atoms with Crippen molar-refractivity contribution in [1.29, 1.82) is 0 Å². The Morgan fingerprint density at radius 3 is 2.36 bits per heavy atom. The van der Waals surface area contributed by atoms with Gasteiger partial charge in [0.1, 0.15) is 11.3 Å². The van der Waals surface area contributed by atoms with Crippen molar-refractivity contribution in [3.63, 3.8) is 0 Å². The third-order valence-electron chi connectivity index (χ3n) is 4.02. The minimum atomic E-state index is 0.513. The fourth-order valence-electron chi connectivity index (χ4n) is 2.56. The monoisotopic (exact) mass is 409 g/mol. The zero-order chi connectivity index (χ0) is 18.7. The minimum absolute atomic E-state index is 0.513. The van der Waals surface area contributed by atoms with Gasteiger partial charge >= 0.3 is 0 Å². The van der Waals surface area contributed by atoms with Crippen molar-refractivity contribution in [2.24, 2.45) is 0 Å². The molecule has 0 atom stereocenters. The topological polar surface area (TPSA) is 47.0 Å². The zero-order valence-corrected chi connectivity index (χ0v) is 17.8. The van der Waals surface area contributed by atoms with Gasteiger partial charge in [-0.05, 0) is 25.0 Å². The summed E-state index contributed by atoms with van der Waals surface area (Å²) in [5, 5.41) is 4.38. The summed E-state index contributed by atoms with van der Waals surface area (Å²) in [6.45, 7) is 8.36. The molecule has 4 nitrogen and oxygen atoms in total. The summed E-state index contributed by atoms with van der Waals surface area (Å²) < 4.78 is 6.35. The van der Waals surface area contributed by atoms with Gasteiger partial charge in [0, 0.05) is 22.1 Å². The standard InChI is InChI=1S/C14H16BrN3O.C4H10.C2H6/c1-19-12-7-10(15)6-9-8-16-14(18-13(9)12)17-11-4-2-3-5-11;1-3-4-2;1-2/h6-8,11H,2-5H2,1H3,(H,16,17,18);3-4H2,1-2H3;1-2H3. The maximum absolute atomic E-state index is 5.39. The Morgan fingerprint density at radius 1 is 1.16 bits per heavy atom. The highest BCUT2D eigenvalue weighted by Gasteiger charge is 2.16. The van der Waals surface area contributed by atoms with Crippen molar-refractivity contribution in [3.05, 3.63) is 22.8 Å². The van der Waals surface area contributed by atoms with E-state index in [-0.39, 0.29) is 0 Å². The van der Waals surface area contributed by atoms with Crippen molar-refractivity contribution in [3.8, 4) is 5.75 Å². The van der Waals surface area contributed by atoms with Crippen LogP contribution < -0.4 is 10.1 Å². The second-order valence-electron chi connectivity index (χ2n) is 5.87. The molecule has 1 aliphatic rings. The molecule has 1 fully saturated rings. The quantitative estimate of drug-likeness (QED) is 0.618. The normalized spacial score (nSPS) is 13.5. The number of benzene rings is 1. The number of unbranched alkanes of at least 4 members (excludes halogenated alkanes) is 1. The van der Waals surface area contributed by atoms with Crippen LogP contribution in [0.3, 0.4) is 0 Å². The average molecular weight is 410 g/mol. The molecule has 1 aromatic heterocycles. The molecule has 1 N–H and O–H groups in total. The van der Waals surface area contributed by atoms with Crippen molar-refractivity contribution in [2.45, 2.75) is 72.3 Å². The molecule has 1 aliphatic carbocycles. The molecule has 5 heteroatoms. The number of nitrogens with one attached hydrogen (secondary N) is 1. The Labute approximate surface area is 160 Å². The summed E-state index contributed by atoms with van der Waals surface area (Å²) in [5.74, 6) is 1.46. The SMILES string of the molecule is CC.CCCC.COc1cc(Br)cc2cnc(NC3CCCC3)nc12. The third-order valence-corrected chi connectivity index (χ3v) is 4.48. The van der Waals surface area contributed by atoms with E-state index in [9.17, 15) is 0 Å². The van der Waals surface area contributed by atoms with E-state index >= 15 is 0 Å². The summed E-state index contributed by atoms with van der Waals surface area (Å²) in [6, 6.07) is 4.44. The molecular weight excluding hydrogens is 378 g/mol. The van der Waals surface area contributed by atoms with Crippen LogP contribution >= 0.6 is 15.9 Å². The average Bonchev–Trinajstić information content (AvgIpc) is 3.16. The van der Waals surface area contributed by atoms with Gasteiger partial charge in [0.25, 0.3) is 0 Å². The Morgan fingerprint density at radius 2 is 1.80 bits per heavy atom. The number of aromatic nitrogens is 2. The van der Waals surface area contributed by atoms with Crippen LogP contribution in [0.4, 0.5) is 5.95 Å². The second kappa shape index (κ2) is 12.1. The van der Waals surface area contributed by atoms with E-state index in [2.05, 4.69) is 45.1 Å². The summed E-state index contributed by atoms with van der Waals surface area (Å²) in [7, 11) is 1.66. The van der Waals surface area contributed by atoms with Gasteiger partial charge in [-0.3, -0.25) is 0 Å². The minimum Gasteiger partial charge on any atom is -0.494 e. The highest BCUT2D eigenvalue weighted by Crippen LogP contribution is 2.29. The predicted octanol–water partition coefficient (Wildman–Crippen LogP) is 6.59. The Kier molecular flexibility index (Phi) is 10.5. The summed E-state index contributed by atoms with van der Waals surface area (Å²) in [4.78, 5) is 8.97. The first-order chi connectivity index (χ1) is 12.2. The molecule has 25 heavy (non-hydrogen) atoms. The largest absolute Gasteiger partial charge is 0.494 e. The van der Waals surface area contributed by atoms with Crippen LogP contribution in [0.25, 0.3) is 10.9 Å². The highest BCUT2D eigenvalue weighted by atomic mass is 79.9. The fraction of sp³-hybridized carbons (Fsp3) is 0.600. The van der Waals surface area contributed by atoms with Crippen LogP contribution in [-0.2, 0) is 0 Å². The van der Waals surface area contributed by atoms with E-state index in [1.54, 1.807) is 7.11 Å². The van der Waals surface area contributed by atoms with E-state index in [1.807, 2.05) is 32.2 Å². The van der Waals surface area contributed by atoms with Crippen molar-refractivity contribution in [2.75, 3.05) is 12.4 Å². The van der Waals surface area contributed by atoms with Gasteiger partial charge in [-0.15, -0.1) is 0 Å². The number of halogens is 1. The van der Waals surface area contributed by atoms with Crippen molar-refractivity contribution >= 4 is 32.8 Å². The van der Waals surface area contributed by atoms with Gasteiger partial charge in [-0.1, -0.05) is 69.3 Å². The number of rotatable bonds is 4. The van der Waals surface area contributed by atoms with Gasteiger partial charge in [0.2, 0.25) is 5.95 Å². The second-order valence-corrected chi connectivity index (χ2v) is 6.78. The molecule has 0 radical (unpaired) electrons. The summed E-state index contributed by atoms with van der Waals surface area (Å²) in [6.07, 6.45) is 9.48. The molecule has 0 aliphatic heterocycles. The molecule has 1 heterocycles. The van der Waals surface area contributed by atoms with Crippen LogP contribution in [0.2, 0.25) is 0 Å². The first-order valence-electron chi connectivity index (χ1n) is 9.44. The van der Waals surface area contributed by atoms with Gasteiger partial charge < -0.3 is 10.1 Å². The third kappa shape index (κ3) is 6.81. The van der Waals surface area contributed by atoms with Gasteiger partial charge in [0.15, 0.2) is 0 Å². The first-order valence-corrected chi connectivity index (χ1v) is 10.2. The van der Waals surface area contributed by atoms with Crippen LogP contribution in [0.1, 0.15) is 66.2 Å². The molecule has 140 valence electrons. The Balaban J connectivity index is 0.000000461. The van der Waals surface area contributed by atoms with E-state index in [0.717, 1.165) is 21.1 Å². The highest BCUT2D eigenvalue weighted by molar-refractivity contribution is 9.10. The molecule has 3 rings (SSSR count). The lowest BCUT2D eigenvalue weighted by Gasteiger charge is -2.13. The summed E-state index contributed by atoms with van der Waals surface area (Å²) in [5.41, 5.74) is 0.848. The lowest BCUT2D eigenvalue weighted by Crippen LogP contribution is -2.16. The number of nitrogens with zero attached hydrogens (tertiary/aromatic N) is 2. The number of hydrogen-bond donors (Lipinski definition) is 1. The molecule has 0 spiro atoms. The predicted molar refractivity (Wildman–Crippen MR) is 112 cm³/mol. The Hall–Kier alpha value is -1.36. The Bertz CT molecular complexity index is 626. The first kappa shape index (κ1) is 21.7. The van der Waals surface area contributed by atoms with Gasteiger partial charge in [0.05, 0.1) is 7.11 Å². The fourth-order valence-corrected chi connectivity index (χ4v) is 3.01. The van der Waals surface area contributed by atoms with E-state index in [1.165, 1.54) is 38.5 Å².